The van der Waals surface area contributed by atoms with E-state index < -0.39 is 12.1 Å². The van der Waals surface area contributed by atoms with E-state index in [1.165, 1.54) is 6.20 Å². The zero-order valence-corrected chi connectivity index (χ0v) is 16.0. The van der Waals surface area contributed by atoms with Crippen LogP contribution in [-0.2, 0) is 28.9 Å². The van der Waals surface area contributed by atoms with Crippen molar-refractivity contribution in [2.24, 2.45) is 0 Å². The van der Waals surface area contributed by atoms with Gasteiger partial charge in [-0.25, -0.2) is 4.79 Å². The van der Waals surface area contributed by atoms with Crippen molar-refractivity contribution in [2.75, 3.05) is 0 Å². The third kappa shape index (κ3) is 5.64. The summed E-state index contributed by atoms with van der Waals surface area (Å²) in [7, 11) is 0. The number of carbonyl (C=O) groups is 2. The summed E-state index contributed by atoms with van der Waals surface area (Å²) in [6, 6.07) is 7.51. The molecule has 0 aliphatic carbocycles. The normalized spacial score (nSPS) is 11.8. The van der Waals surface area contributed by atoms with Crippen LogP contribution in [0.25, 0.3) is 0 Å². The highest BCUT2D eigenvalue weighted by Crippen LogP contribution is 2.33. The van der Waals surface area contributed by atoms with Gasteiger partial charge in [0, 0.05) is 24.4 Å². The van der Waals surface area contributed by atoms with E-state index in [2.05, 4.69) is 18.8 Å². The average molecular weight is 369 g/mol. The highest BCUT2D eigenvalue weighted by molar-refractivity contribution is 5.75. The smallest absolute Gasteiger partial charge is 0.349 e. The lowest BCUT2D eigenvalue weighted by molar-refractivity contribution is -0.145. The Hall–Kier alpha value is -2.69. The van der Waals surface area contributed by atoms with Gasteiger partial charge in [-0.15, -0.1) is 0 Å². The second-order valence-electron chi connectivity index (χ2n) is 6.57. The predicted molar refractivity (Wildman–Crippen MR) is 104 cm³/mol. The van der Waals surface area contributed by atoms with E-state index in [0.717, 1.165) is 48.7 Å². The highest BCUT2D eigenvalue weighted by atomic mass is 16.5. The molecular weight excluding hydrogens is 342 g/mol. The fourth-order valence-electron chi connectivity index (χ4n) is 3.17. The number of aryl methyl sites for hydroxylation is 3. The van der Waals surface area contributed by atoms with Crippen LogP contribution in [0.5, 0.6) is 5.75 Å². The quantitative estimate of drug-likeness (QED) is 0.597. The Labute approximate surface area is 160 Å². The van der Waals surface area contributed by atoms with Crippen molar-refractivity contribution < 1.29 is 19.4 Å². The maximum Gasteiger partial charge on any atom is 0.349 e. The third-order valence-corrected chi connectivity index (χ3v) is 4.34. The van der Waals surface area contributed by atoms with Gasteiger partial charge in [0.25, 0.3) is 0 Å². The molecule has 0 aliphatic rings. The summed E-state index contributed by atoms with van der Waals surface area (Å²) in [6.07, 6.45) is 7.53. The van der Waals surface area contributed by atoms with Crippen LogP contribution in [0.1, 0.15) is 61.5 Å². The molecule has 0 spiro atoms. The first-order valence-corrected chi connectivity index (χ1v) is 9.48. The Balaban J connectivity index is 2.47. The molecule has 0 fully saturated rings. The molecule has 27 heavy (non-hydrogen) atoms. The van der Waals surface area contributed by atoms with Crippen LogP contribution in [-0.4, -0.2) is 22.3 Å². The highest BCUT2D eigenvalue weighted by Gasteiger charge is 2.25. The molecule has 0 saturated carbocycles. The van der Waals surface area contributed by atoms with E-state index in [9.17, 15) is 14.7 Å². The van der Waals surface area contributed by atoms with Gasteiger partial charge < -0.3 is 14.6 Å². The minimum Gasteiger partial charge on any atom is -0.478 e. The minimum absolute atomic E-state index is 0.477. The molecule has 0 bridgehead atoms. The third-order valence-electron chi connectivity index (χ3n) is 4.34. The van der Waals surface area contributed by atoms with Crippen LogP contribution in [0.2, 0.25) is 0 Å². The number of carbonyl (C=O) groups excluding carboxylic acids is 1. The number of aliphatic carboxylic acids is 1. The monoisotopic (exact) mass is 369 g/mol. The molecule has 5 nitrogen and oxygen atoms in total. The Morgan fingerprint density at radius 2 is 1.85 bits per heavy atom. The molecule has 0 amide bonds. The Bertz CT molecular complexity index is 731. The molecule has 2 rings (SSSR count). The van der Waals surface area contributed by atoms with Crippen LogP contribution in [0, 0.1) is 0 Å². The van der Waals surface area contributed by atoms with Gasteiger partial charge >= 0.3 is 5.97 Å². The van der Waals surface area contributed by atoms with Gasteiger partial charge in [0.2, 0.25) is 6.10 Å². The molecule has 1 unspecified atom stereocenters. The molecule has 1 atom stereocenters. The summed E-state index contributed by atoms with van der Waals surface area (Å²) in [6.45, 7) is 4.16. The molecule has 0 saturated heterocycles. The minimum atomic E-state index is -1.11. The van der Waals surface area contributed by atoms with Crippen molar-refractivity contribution >= 4 is 12.3 Å². The van der Waals surface area contributed by atoms with Gasteiger partial charge in [-0.3, -0.25) is 4.98 Å². The SMILES string of the molecule is CCCc1cc(CCC=O)cc(CCC)c1OC(C(=O)O)c1cccnc1. The largest absolute Gasteiger partial charge is 0.478 e. The molecular formula is C22H27NO4. The topological polar surface area (TPSA) is 76.5 Å². The van der Waals surface area contributed by atoms with Gasteiger partial charge in [-0.05, 0) is 42.0 Å². The lowest BCUT2D eigenvalue weighted by Crippen LogP contribution is -2.20. The molecule has 1 N–H and O–H groups in total. The van der Waals surface area contributed by atoms with Crippen LogP contribution < -0.4 is 4.74 Å². The number of ether oxygens (including phenoxy) is 1. The summed E-state index contributed by atoms with van der Waals surface area (Å²) < 4.78 is 6.08. The van der Waals surface area contributed by atoms with Crippen molar-refractivity contribution in [3.63, 3.8) is 0 Å². The number of hydrogen-bond acceptors (Lipinski definition) is 4. The number of pyridine rings is 1. The first kappa shape index (κ1) is 20.6. The standard InChI is InChI=1S/C22H27NO4/c1-3-7-17-13-16(9-6-12-24)14-18(8-4-2)20(17)27-21(22(25)26)19-10-5-11-23-15-19/h5,10-15,21H,3-4,6-9H2,1-2H3,(H,25,26). The maximum absolute atomic E-state index is 11.9. The molecule has 1 aromatic heterocycles. The summed E-state index contributed by atoms with van der Waals surface area (Å²) >= 11 is 0. The Kier molecular flexibility index (Phi) is 7.99. The van der Waals surface area contributed by atoms with Crippen molar-refractivity contribution in [3.05, 3.63) is 58.9 Å². The van der Waals surface area contributed by atoms with E-state index >= 15 is 0 Å². The van der Waals surface area contributed by atoms with Gasteiger partial charge in [0.1, 0.15) is 12.0 Å². The first-order chi connectivity index (χ1) is 13.1. The number of aldehydes is 1. The molecule has 1 aromatic carbocycles. The fourth-order valence-corrected chi connectivity index (χ4v) is 3.17. The summed E-state index contributed by atoms with van der Waals surface area (Å²) in [4.78, 5) is 26.6. The summed E-state index contributed by atoms with van der Waals surface area (Å²) in [5.74, 6) is -0.386. The van der Waals surface area contributed by atoms with Crippen molar-refractivity contribution in [2.45, 2.75) is 58.5 Å². The average Bonchev–Trinajstić information content (AvgIpc) is 2.66. The van der Waals surface area contributed by atoms with Gasteiger partial charge in [-0.2, -0.15) is 0 Å². The van der Waals surface area contributed by atoms with Crippen molar-refractivity contribution in [1.29, 1.82) is 0 Å². The van der Waals surface area contributed by atoms with Crippen molar-refractivity contribution in [1.82, 2.24) is 4.98 Å². The number of carboxylic acid groups (broad SMARTS) is 1. The van der Waals surface area contributed by atoms with Crippen LogP contribution in [0.4, 0.5) is 0 Å². The second kappa shape index (κ2) is 10.5. The lowest BCUT2D eigenvalue weighted by atomic mass is 9.96. The van der Waals surface area contributed by atoms with E-state index in [-0.39, 0.29) is 0 Å². The fraction of sp³-hybridized carbons (Fsp3) is 0.409. The lowest BCUT2D eigenvalue weighted by Gasteiger charge is -2.22. The van der Waals surface area contributed by atoms with E-state index in [0.29, 0.717) is 24.2 Å². The van der Waals surface area contributed by atoms with Gasteiger partial charge in [0.15, 0.2) is 0 Å². The Morgan fingerprint density at radius 1 is 1.19 bits per heavy atom. The summed E-state index contributed by atoms with van der Waals surface area (Å²) in [5, 5.41) is 9.71. The van der Waals surface area contributed by atoms with Crippen LogP contribution >= 0.6 is 0 Å². The molecule has 2 aromatic rings. The number of rotatable bonds is 11. The maximum atomic E-state index is 11.9. The number of benzene rings is 1. The van der Waals surface area contributed by atoms with E-state index in [4.69, 9.17) is 4.74 Å². The van der Waals surface area contributed by atoms with Crippen LogP contribution in [0.3, 0.4) is 0 Å². The molecule has 1 heterocycles. The molecule has 144 valence electrons. The number of nitrogens with zero attached hydrogens (tertiary/aromatic N) is 1. The number of hydrogen-bond donors (Lipinski definition) is 1. The van der Waals surface area contributed by atoms with Crippen molar-refractivity contribution in [3.8, 4) is 5.75 Å². The van der Waals surface area contributed by atoms with Gasteiger partial charge in [0.05, 0.1) is 0 Å². The first-order valence-electron chi connectivity index (χ1n) is 9.48. The van der Waals surface area contributed by atoms with E-state index in [1.54, 1.807) is 18.3 Å². The molecule has 0 radical (unpaired) electrons. The summed E-state index contributed by atoms with van der Waals surface area (Å²) in [5.41, 5.74) is 3.61. The van der Waals surface area contributed by atoms with E-state index in [1.807, 2.05) is 12.1 Å². The Morgan fingerprint density at radius 3 is 2.33 bits per heavy atom. The second-order valence-corrected chi connectivity index (χ2v) is 6.57. The van der Waals surface area contributed by atoms with Crippen LogP contribution in [0.15, 0.2) is 36.7 Å². The zero-order chi connectivity index (χ0) is 19.6. The molecule has 0 aliphatic heterocycles. The predicted octanol–water partition coefficient (Wildman–Crippen LogP) is 4.32. The zero-order valence-electron chi connectivity index (χ0n) is 16.0. The number of carboxylic acids is 1. The molecule has 5 heteroatoms. The number of aromatic nitrogens is 1. The van der Waals surface area contributed by atoms with Gasteiger partial charge in [-0.1, -0.05) is 44.9 Å².